The highest BCUT2D eigenvalue weighted by Gasteiger charge is 2.26. The largest absolute Gasteiger partial charge is 0.415 e. The second-order valence-corrected chi connectivity index (χ2v) is 12.8. The average Bonchev–Trinajstić information content (AvgIpc) is 3.77. The van der Waals surface area contributed by atoms with E-state index in [9.17, 15) is 9.59 Å². The summed E-state index contributed by atoms with van der Waals surface area (Å²) in [6, 6.07) is 28.2. The molecule has 0 bridgehead atoms. The van der Waals surface area contributed by atoms with Gasteiger partial charge in [0, 0.05) is 69.9 Å². The van der Waals surface area contributed by atoms with Crippen LogP contribution >= 0.6 is 0 Å². The minimum Gasteiger partial charge on any atom is -0.410 e. The van der Waals surface area contributed by atoms with Crippen LogP contribution in [-0.4, -0.2) is 76.3 Å². The van der Waals surface area contributed by atoms with E-state index in [0.717, 1.165) is 57.8 Å². The number of amides is 2. The van der Waals surface area contributed by atoms with E-state index in [2.05, 4.69) is 44.6 Å². The Morgan fingerprint density at radius 3 is 2.33 bits per heavy atom. The summed E-state index contributed by atoms with van der Waals surface area (Å²) in [6.07, 6.45) is 9.28. The summed E-state index contributed by atoms with van der Waals surface area (Å²) < 4.78 is 15.4. The quantitative estimate of drug-likeness (QED) is 0.154. The monoisotopic (exact) mass is 655 g/mol. The molecule has 0 spiro atoms. The van der Waals surface area contributed by atoms with E-state index in [0.29, 0.717) is 50.0 Å². The van der Waals surface area contributed by atoms with Crippen molar-refractivity contribution in [2.45, 2.75) is 25.9 Å². The molecule has 0 N–H and O–H groups in total. The van der Waals surface area contributed by atoms with E-state index >= 15 is 0 Å². The molecule has 6 aromatic rings. The maximum atomic E-state index is 13.8. The standard InChI is InChI=1S/C40H41N5O4/c1-42(21-22-48-2)39(46)37-27-43(26-36(37)35-15-7-11-30-9-3-5-13-33(30)35)25-32-23-41-28-45(32)24-29-17-19-44(20-18-29)40(47)49-38-16-8-12-31-10-4-6-14-34(31)38/h3-16,23,26-29H,17-22,24-25H2,1-2H3. The molecule has 7 rings (SSSR count). The van der Waals surface area contributed by atoms with Crippen LogP contribution in [0.2, 0.25) is 0 Å². The molecule has 4 aromatic carbocycles. The van der Waals surface area contributed by atoms with Gasteiger partial charge in [0.15, 0.2) is 0 Å². The Morgan fingerprint density at radius 1 is 0.857 bits per heavy atom. The first-order valence-corrected chi connectivity index (χ1v) is 16.8. The molecule has 49 heavy (non-hydrogen) atoms. The van der Waals surface area contributed by atoms with Crippen LogP contribution in [0.1, 0.15) is 28.9 Å². The molecule has 9 heteroatoms. The first-order valence-electron chi connectivity index (χ1n) is 16.8. The fourth-order valence-electron chi connectivity index (χ4n) is 6.83. The number of aromatic nitrogens is 3. The molecule has 2 aromatic heterocycles. The number of imidazole rings is 1. The van der Waals surface area contributed by atoms with Crippen molar-refractivity contribution in [2.24, 2.45) is 5.92 Å². The number of ether oxygens (including phenoxy) is 2. The van der Waals surface area contributed by atoms with Gasteiger partial charge in [-0.05, 0) is 46.5 Å². The average molecular weight is 656 g/mol. The predicted molar refractivity (Wildman–Crippen MR) is 192 cm³/mol. The number of benzene rings is 4. The van der Waals surface area contributed by atoms with Crippen LogP contribution in [0, 0.1) is 5.92 Å². The molecule has 1 saturated heterocycles. The van der Waals surface area contributed by atoms with Crippen LogP contribution < -0.4 is 4.74 Å². The lowest BCUT2D eigenvalue weighted by Gasteiger charge is -2.31. The molecule has 1 aliphatic rings. The van der Waals surface area contributed by atoms with Gasteiger partial charge in [-0.25, -0.2) is 9.78 Å². The third kappa shape index (κ3) is 6.93. The highest BCUT2D eigenvalue weighted by atomic mass is 16.6. The van der Waals surface area contributed by atoms with Crippen LogP contribution in [0.15, 0.2) is 110 Å². The van der Waals surface area contributed by atoms with Crippen molar-refractivity contribution in [1.29, 1.82) is 0 Å². The zero-order valence-electron chi connectivity index (χ0n) is 28.0. The van der Waals surface area contributed by atoms with Crippen LogP contribution in [-0.2, 0) is 17.8 Å². The number of likely N-dealkylation sites (tertiary alicyclic amines) is 1. The Morgan fingerprint density at radius 2 is 1.55 bits per heavy atom. The Bertz CT molecular complexity index is 2080. The maximum Gasteiger partial charge on any atom is 0.415 e. The van der Waals surface area contributed by atoms with Crippen LogP contribution in [0.3, 0.4) is 0 Å². The second kappa shape index (κ2) is 14.4. The van der Waals surface area contributed by atoms with Gasteiger partial charge in [0.25, 0.3) is 5.91 Å². The van der Waals surface area contributed by atoms with Gasteiger partial charge in [-0.15, -0.1) is 0 Å². The highest BCUT2D eigenvalue weighted by molar-refractivity contribution is 6.06. The lowest BCUT2D eigenvalue weighted by atomic mass is 9.97. The smallest absolute Gasteiger partial charge is 0.410 e. The van der Waals surface area contributed by atoms with Gasteiger partial charge in [-0.1, -0.05) is 78.9 Å². The molecule has 0 unspecified atom stereocenters. The molecule has 0 radical (unpaired) electrons. The van der Waals surface area contributed by atoms with E-state index in [1.54, 1.807) is 12.0 Å². The van der Waals surface area contributed by atoms with Gasteiger partial charge in [0.1, 0.15) is 5.75 Å². The maximum absolute atomic E-state index is 13.8. The highest BCUT2D eigenvalue weighted by Crippen LogP contribution is 2.33. The molecular weight excluding hydrogens is 614 g/mol. The van der Waals surface area contributed by atoms with Crippen molar-refractivity contribution >= 4 is 33.5 Å². The molecule has 9 nitrogen and oxygen atoms in total. The van der Waals surface area contributed by atoms with Gasteiger partial charge < -0.3 is 28.4 Å². The minimum atomic E-state index is -0.300. The fraction of sp³-hybridized carbons (Fsp3) is 0.275. The van der Waals surface area contributed by atoms with Crippen molar-refractivity contribution < 1.29 is 19.1 Å². The van der Waals surface area contributed by atoms with Crippen molar-refractivity contribution in [2.75, 3.05) is 40.4 Å². The van der Waals surface area contributed by atoms with Gasteiger partial charge in [-0.3, -0.25) is 4.79 Å². The minimum absolute atomic E-state index is 0.0435. The molecule has 3 heterocycles. The van der Waals surface area contributed by atoms with Crippen LogP contribution in [0.25, 0.3) is 32.7 Å². The summed E-state index contributed by atoms with van der Waals surface area (Å²) in [5.74, 6) is 0.948. The molecule has 0 atom stereocenters. The van der Waals surface area contributed by atoms with Gasteiger partial charge >= 0.3 is 6.09 Å². The molecule has 1 aliphatic heterocycles. The summed E-state index contributed by atoms with van der Waals surface area (Å²) in [4.78, 5) is 34.9. The summed E-state index contributed by atoms with van der Waals surface area (Å²) in [5.41, 5.74) is 3.65. The summed E-state index contributed by atoms with van der Waals surface area (Å²) in [7, 11) is 3.46. The van der Waals surface area contributed by atoms with E-state index in [1.165, 1.54) is 0 Å². The van der Waals surface area contributed by atoms with Gasteiger partial charge in [-0.2, -0.15) is 0 Å². The zero-order chi connectivity index (χ0) is 33.7. The Labute approximate surface area is 286 Å². The second-order valence-electron chi connectivity index (χ2n) is 12.8. The Kier molecular flexibility index (Phi) is 9.43. The number of piperidine rings is 1. The molecular formula is C40H41N5O4. The lowest BCUT2D eigenvalue weighted by molar-refractivity contribution is 0.0745. The van der Waals surface area contributed by atoms with Gasteiger partial charge in [0.05, 0.1) is 30.7 Å². The van der Waals surface area contributed by atoms with Crippen molar-refractivity contribution in [3.8, 4) is 16.9 Å². The summed E-state index contributed by atoms with van der Waals surface area (Å²) in [6.45, 7) is 3.64. The molecule has 0 saturated carbocycles. The normalized spacial score (nSPS) is 13.6. The fourth-order valence-corrected chi connectivity index (χ4v) is 6.83. The van der Waals surface area contributed by atoms with Crippen LogP contribution in [0.5, 0.6) is 5.75 Å². The Hall–Kier alpha value is -5.41. The molecule has 1 fully saturated rings. The number of carbonyl (C=O) groups excluding carboxylic acids is 2. The summed E-state index contributed by atoms with van der Waals surface area (Å²) in [5, 5.41) is 4.21. The lowest BCUT2D eigenvalue weighted by Crippen LogP contribution is -2.41. The van der Waals surface area contributed by atoms with Crippen LogP contribution in [0.4, 0.5) is 4.79 Å². The number of carbonyl (C=O) groups is 2. The number of hydrogen-bond donors (Lipinski definition) is 0. The first-order chi connectivity index (χ1) is 24.0. The number of methoxy groups -OCH3 is 1. The van der Waals surface area contributed by atoms with Crippen molar-refractivity contribution in [1.82, 2.24) is 23.9 Å². The number of fused-ring (bicyclic) bond motifs is 2. The SMILES string of the molecule is COCCN(C)C(=O)c1cn(Cc2cncn2CC2CCN(C(=O)Oc3cccc4ccccc34)CC2)cc1-c1cccc2ccccc12. The predicted octanol–water partition coefficient (Wildman–Crippen LogP) is 7.34. The molecule has 250 valence electrons. The zero-order valence-corrected chi connectivity index (χ0v) is 28.0. The number of likely N-dealkylation sites (N-methyl/N-ethyl adjacent to an activating group) is 1. The third-order valence-corrected chi connectivity index (χ3v) is 9.59. The van der Waals surface area contributed by atoms with Crippen molar-refractivity contribution in [3.63, 3.8) is 0 Å². The third-order valence-electron chi connectivity index (χ3n) is 9.59. The van der Waals surface area contributed by atoms with E-state index in [4.69, 9.17) is 9.47 Å². The van der Waals surface area contributed by atoms with E-state index in [-0.39, 0.29) is 12.0 Å². The Balaban J connectivity index is 1.05. The molecule has 2 amide bonds. The number of hydrogen-bond acceptors (Lipinski definition) is 5. The van der Waals surface area contributed by atoms with Crippen molar-refractivity contribution in [3.05, 3.63) is 121 Å². The number of nitrogens with zero attached hydrogens (tertiary/aromatic N) is 5. The number of rotatable bonds is 10. The molecule has 0 aliphatic carbocycles. The van der Waals surface area contributed by atoms with E-state index < -0.39 is 0 Å². The summed E-state index contributed by atoms with van der Waals surface area (Å²) >= 11 is 0. The van der Waals surface area contributed by atoms with E-state index in [1.807, 2.05) is 91.3 Å². The topological polar surface area (TPSA) is 81.8 Å². The van der Waals surface area contributed by atoms with Gasteiger partial charge in [0.2, 0.25) is 0 Å². The first kappa shape index (κ1) is 32.2.